The number of phenols is 1. The first kappa shape index (κ1) is 12.1. The van der Waals surface area contributed by atoms with Crippen molar-refractivity contribution in [2.24, 2.45) is 5.73 Å². The molecule has 1 atom stereocenters. The first-order valence-corrected chi connectivity index (χ1v) is 7.03. The van der Waals surface area contributed by atoms with E-state index in [1.165, 1.54) is 0 Å². The summed E-state index contributed by atoms with van der Waals surface area (Å²) < 4.78 is 1.62. The molecule has 84 valence electrons. The second-order valence-corrected chi connectivity index (χ2v) is 6.06. The normalized spacial score (nSPS) is 12.7. The fourth-order valence-electron chi connectivity index (χ4n) is 1.49. The standard InChI is InChI=1S/C11H9Br2NOS/c12-6-4-7(13)10(8(15)5-6)11(14)9-2-1-3-16-9/h1-5,11,15H,14H2/t11-/m1/s1. The molecular formula is C11H9Br2NOS. The van der Waals surface area contributed by atoms with E-state index in [9.17, 15) is 5.11 Å². The molecule has 0 spiro atoms. The molecule has 2 rings (SSSR count). The van der Waals surface area contributed by atoms with Crippen LogP contribution in [-0.2, 0) is 0 Å². The molecule has 0 aliphatic heterocycles. The van der Waals surface area contributed by atoms with Crippen molar-refractivity contribution in [1.29, 1.82) is 0 Å². The number of phenolic OH excluding ortho intramolecular Hbond substituents is 1. The molecule has 3 N–H and O–H groups in total. The summed E-state index contributed by atoms with van der Waals surface area (Å²) in [4.78, 5) is 1.03. The molecule has 0 aliphatic rings. The van der Waals surface area contributed by atoms with Gasteiger partial charge >= 0.3 is 0 Å². The van der Waals surface area contributed by atoms with E-state index in [-0.39, 0.29) is 11.8 Å². The molecule has 0 saturated carbocycles. The van der Waals surface area contributed by atoms with Gasteiger partial charge in [-0.3, -0.25) is 0 Å². The van der Waals surface area contributed by atoms with Gasteiger partial charge in [0, 0.05) is 19.4 Å². The van der Waals surface area contributed by atoms with Crippen LogP contribution >= 0.6 is 43.2 Å². The average molecular weight is 363 g/mol. The average Bonchev–Trinajstić information content (AvgIpc) is 2.67. The van der Waals surface area contributed by atoms with E-state index in [0.717, 1.165) is 13.8 Å². The zero-order valence-electron chi connectivity index (χ0n) is 8.15. The summed E-state index contributed by atoms with van der Waals surface area (Å²) in [5.41, 5.74) is 6.83. The lowest BCUT2D eigenvalue weighted by Crippen LogP contribution is -2.11. The molecule has 2 aromatic rings. The van der Waals surface area contributed by atoms with Crippen molar-refractivity contribution >= 4 is 43.2 Å². The van der Waals surface area contributed by atoms with Gasteiger partial charge in [-0.05, 0) is 23.6 Å². The van der Waals surface area contributed by atoms with E-state index in [2.05, 4.69) is 31.9 Å². The van der Waals surface area contributed by atoms with Crippen molar-refractivity contribution in [3.8, 4) is 5.75 Å². The van der Waals surface area contributed by atoms with Gasteiger partial charge in [0.2, 0.25) is 0 Å². The Bertz CT molecular complexity index is 476. The van der Waals surface area contributed by atoms with Crippen molar-refractivity contribution in [3.63, 3.8) is 0 Å². The predicted octanol–water partition coefficient (Wildman–Crippen LogP) is 4.03. The summed E-state index contributed by atoms with van der Waals surface area (Å²) >= 11 is 8.31. The van der Waals surface area contributed by atoms with Crippen LogP contribution in [0, 0.1) is 0 Å². The molecule has 0 fully saturated rings. The Balaban J connectivity index is 2.48. The molecule has 1 heterocycles. The molecule has 16 heavy (non-hydrogen) atoms. The van der Waals surface area contributed by atoms with Gasteiger partial charge in [0.05, 0.1) is 6.04 Å². The van der Waals surface area contributed by atoms with E-state index in [1.807, 2.05) is 23.6 Å². The van der Waals surface area contributed by atoms with Crippen LogP contribution in [0.4, 0.5) is 0 Å². The molecule has 0 amide bonds. The number of hydrogen-bond donors (Lipinski definition) is 2. The molecule has 0 saturated heterocycles. The van der Waals surface area contributed by atoms with Gasteiger partial charge in [0.25, 0.3) is 0 Å². The highest BCUT2D eigenvalue weighted by Crippen LogP contribution is 2.37. The van der Waals surface area contributed by atoms with Crippen molar-refractivity contribution < 1.29 is 5.11 Å². The van der Waals surface area contributed by atoms with Crippen molar-refractivity contribution in [2.45, 2.75) is 6.04 Å². The Labute approximate surface area is 114 Å². The number of nitrogens with two attached hydrogens (primary N) is 1. The Hall–Kier alpha value is -0.360. The molecular weight excluding hydrogens is 354 g/mol. The van der Waals surface area contributed by atoms with Crippen molar-refractivity contribution in [3.05, 3.63) is 49.0 Å². The first-order valence-electron chi connectivity index (χ1n) is 4.56. The SMILES string of the molecule is N[C@H](c1cccs1)c1c(O)cc(Br)cc1Br. The van der Waals surface area contributed by atoms with E-state index in [1.54, 1.807) is 17.4 Å². The lowest BCUT2D eigenvalue weighted by Gasteiger charge is -2.14. The lowest BCUT2D eigenvalue weighted by molar-refractivity contribution is 0.464. The monoisotopic (exact) mass is 361 g/mol. The molecule has 5 heteroatoms. The van der Waals surface area contributed by atoms with Crippen LogP contribution in [0.2, 0.25) is 0 Å². The minimum atomic E-state index is -0.303. The molecule has 0 radical (unpaired) electrons. The summed E-state index contributed by atoms with van der Waals surface area (Å²) in [7, 11) is 0. The predicted molar refractivity (Wildman–Crippen MR) is 73.9 cm³/mol. The van der Waals surface area contributed by atoms with E-state index in [4.69, 9.17) is 5.73 Å². The number of benzene rings is 1. The fourth-order valence-corrected chi connectivity index (χ4v) is 3.67. The molecule has 0 aliphatic carbocycles. The number of rotatable bonds is 2. The molecule has 2 nitrogen and oxygen atoms in total. The van der Waals surface area contributed by atoms with E-state index >= 15 is 0 Å². The highest BCUT2D eigenvalue weighted by molar-refractivity contribution is 9.11. The molecule has 1 aromatic carbocycles. The minimum absolute atomic E-state index is 0.196. The van der Waals surface area contributed by atoms with Crippen LogP contribution in [0.25, 0.3) is 0 Å². The zero-order valence-corrected chi connectivity index (χ0v) is 12.1. The number of thiophene rings is 1. The zero-order chi connectivity index (χ0) is 11.7. The van der Waals surface area contributed by atoms with Crippen LogP contribution in [0.5, 0.6) is 5.75 Å². The quantitative estimate of drug-likeness (QED) is 0.847. The van der Waals surface area contributed by atoms with E-state index < -0.39 is 0 Å². The summed E-state index contributed by atoms with van der Waals surface area (Å²) in [5.74, 6) is 0.196. The number of hydrogen-bond acceptors (Lipinski definition) is 3. The maximum Gasteiger partial charge on any atom is 0.122 e. The Morgan fingerprint density at radius 3 is 2.62 bits per heavy atom. The first-order chi connectivity index (χ1) is 7.59. The number of aromatic hydroxyl groups is 1. The minimum Gasteiger partial charge on any atom is -0.508 e. The van der Waals surface area contributed by atoms with Gasteiger partial charge in [-0.2, -0.15) is 0 Å². The summed E-state index contributed by atoms with van der Waals surface area (Å²) in [6, 6.07) is 7.13. The van der Waals surface area contributed by atoms with Gasteiger partial charge in [-0.1, -0.05) is 37.9 Å². The molecule has 1 aromatic heterocycles. The highest BCUT2D eigenvalue weighted by atomic mass is 79.9. The maximum atomic E-state index is 9.91. The molecule has 0 unspecified atom stereocenters. The Morgan fingerprint density at radius 1 is 1.31 bits per heavy atom. The largest absolute Gasteiger partial charge is 0.508 e. The Morgan fingerprint density at radius 2 is 2.06 bits per heavy atom. The third-order valence-corrected chi connectivity index (χ3v) is 4.30. The van der Waals surface area contributed by atoms with Gasteiger partial charge in [-0.25, -0.2) is 0 Å². The smallest absolute Gasteiger partial charge is 0.122 e. The third-order valence-electron chi connectivity index (χ3n) is 2.23. The second-order valence-electron chi connectivity index (χ2n) is 3.31. The van der Waals surface area contributed by atoms with Crippen LogP contribution < -0.4 is 5.73 Å². The van der Waals surface area contributed by atoms with Crippen LogP contribution in [-0.4, -0.2) is 5.11 Å². The van der Waals surface area contributed by atoms with Crippen LogP contribution in [0.3, 0.4) is 0 Å². The second kappa shape index (κ2) is 4.87. The van der Waals surface area contributed by atoms with Gasteiger partial charge < -0.3 is 10.8 Å². The lowest BCUT2D eigenvalue weighted by atomic mass is 10.1. The van der Waals surface area contributed by atoms with E-state index in [0.29, 0.717) is 5.56 Å². The van der Waals surface area contributed by atoms with Gasteiger partial charge in [-0.15, -0.1) is 11.3 Å². The van der Waals surface area contributed by atoms with Crippen LogP contribution in [0.1, 0.15) is 16.5 Å². The Kier molecular flexibility index (Phi) is 3.69. The number of halogens is 2. The fraction of sp³-hybridized carbons (Fsp3) is 0.0909. The summed E-state index contributed by atoms with van der Waals surface area (Å²) in [6.07, 6.45) is 0. The van der Waals surface area contributed by atoms with Gasteiger partial charge in [0.15, 0.2) is 0 Å². The maximum absolute atomic E-state index is 9.91. The summed E-state index contributed by atoms with van der Waals surface area (Å²) in [5, 5.41) is 11.9. The van der Waals surface area contributed by atoms with Crippen molar-refractivity contribution in [1.82, 2.24) is 0 Å². The topological polar surface area (TPSA) is 46.2 Å². The van der Waals surface area contributed by atoms with Crippen LogP contribution in [0.15, 0.2) is 38.6 Å². The summed E-state index contributed by atoms with van der Waals surface area (Å²) in [6.45, 7) is 0. The highest BCUT2D eigenvalue weighted by Gasteiger charge is 2.17. The van der Waals surface area contributed by atoms with Gasteiger partial charge in [0.1, 0.15) is 5.75 Å². The van der Waals surface area contributed by atoms with Crippen molar-refractivity contribution in [2.75, 3.05) is 0 Å². The molecule has 0 bridgehead atoms. The third kappa shape index (κ3) is 2.32.